The van der Waals surface area contributed by atoms with Crippen molar-refractivity contribution < 1.29 is 4.74 Å². The van der Waals surface area contributed by atoms with E-state index in [1.54, 1.807) is 6.07 Å². The van der Waals surface area contributed by atoms with Crippen molar-refractivity contribution in [3.05, 3.63) is 35.1 Å². The van der Waals surface area contributed by atoms with Crippen LogP contribution < -0.4 is 4.74 Å². The molecular formula is C9H9ClN4O. The van der Waals surface area contributed by atoms with Crippen LogP contribution >= 0.6 is 11.6 Å². The summed E-state index contributed by atoms with van der Waals surface area (Å²) < 4.78 is 5.46. The lowest BCUT2D eigenvalue weighted by Crippen LogP contribution is -2.03. The number of H-pyrrole nitrogens is 1. The maximum Gasteiger partial charge on any atom is 0.177 e. The second kappa shape index (κ2) is 4.75. The first kappa shape index (κ1) is 9.92. The summed E-state index contributed by atoms with van der Waals surface area (Å²) in [5.41, 5.74) is 0. The molecule has 0 radical (unpaired) electrons. The smallest absolute Gasteiger partial charge is 0.177 e. The number of aromatic nitrogens is 4. The third-order valence-electron chi connectivity index (χ3n) is 1.81. The molecule has 2 aromatic rings. The summed E-state index contributed by atoms with van der Waals surface area (Å²) in [6, 6.07) is 7.33. The number of ether oxygens (including phenoxy) is 1. The lowest BCUT2D eigenvalue weighted by molar-refractivity contribution is 0.319. The van der Waals surface area contributed by atoms with Gasteiger partial charge in [0.1, 0.15) is 5.75 Å². The zero-order chi connectivity index (χ0) is 10.5. The van der Waals surface area contributed by atoms with Crippen LogP contribution in [0.1, 0.15) is 5.82 Å². The molecule has 1 N–H and O–H groups in total. The molecule has 0 amide bonds. The van der Waals surface area contributed by atoms with Gasteiger partial charge in [-0.05, 0) is 12.1 Å². The molecule has 1 heterocycles. The molecule has 0 saturated heterocycles. The molecule has 0 aliphatic carbocycles. The zero-order valence-corrected chi connectivity index (χ0v) is 8.61. The number of para-hydroxylation sites is 1. The van der Waals surface area contributed by atoms with E-state index >= 15 is 0 Å². The van der Waals surface area contributed by atoms with Gasteiger partial charge in [-0.15, -0.1) is 10.2 Å². The van der Waals surface area contributed by atoms with Crippen molar-refractivity contribution in [2.45, 2.75) is 6.42 Å². The molecule has 0 saturated carbocycles. The predicted molar refractivity (Wildman–Crippen MR) is 54.8 cm³/mol. The fourth-order valence-corrected chi connectivity index (χ4v) is 1.29. The van der Waals surface area contributed by atoms with Crippen molar-refractivity contribution in [1.82, 2.24) is 20.6 Å². The van der Waals surface area contributed by atoms with E-state index in [1.165, 1.54) is 0 Å². The average Bonchev–Trinajstić information content (AvgIpc) is 2.74. The molecule has 0 fully saturated rings. The number of halogens is 1. The summed E-state index contributed by atoms with van der Waals surface area (Å²) in [7, 11) is 0. The third kappa shape index (κ3) is 2.66. The molecule has 0 unspecified atom stereocenters. The maximum atomic E-state index is 5.91. The largest absolute Gasteiger partial charge is 0.492 e. The van der Waals surface area contributed by atoms with Crippen molar-refractivity contribution >= 4 is 11.6 Å². The van der Waals surface area contributed by atoms with Gasteiger partial charge in [0.05, 0.1) is 11.6 Å². The summed E-state index contributed by atoms with van der Waals surface area (Å²) >= 11 is 5.91. The number of hydrogen-bond donors (Lipinski definition) is 1. The molecule has 6 heteroatoms. The average molecular weight is 225 g/mol. The highest BCUT2D eigenvalue weighted by molar-refractivity contribution is 6.32. The Hall–Kier alpha value is -1.62. The fraction of sp³-hybridized carbons (Fsp3) is 0.222. The van der Waals surface area contributed by atoms with Gasteiger partial charge in [0.15, 0.2) is 5.82 Å². The van der Waals surface area contributed by atoms with Crippen LogP contribution in [0.4, 0.5) is 0 Å². The Labute approximate surface area is 91.4 Å². The molecule has 5 nitrogen and oxygen atoms in total. The maximum absolute atomic E-state index is 5.91. The van der Waals surface area contributed by atoms with Gasteiger partial charge in [-0.2, -0.15) is 5.21 Å². The van der Waals surface area contributed by atoms with E-state index in [0.717, 1.165) is 0 Å². The van der Waals surface area contributed by atoms with E-state index in [9.17, 15) is 0 Å². The summed E-state index contributed by atoms with van der Waals surface area (Å²) in [4.78, 5) is 0. The van der Waals surface area contributed by atoms with E-state index < -0.39 is 0 Å². The van der Waals surface area contributed by atoms with Gasteiger partial charge in [0.2, 0.25) is 0 Å². The molecule has 2 rings (SSSR count). The van der Waals surface area contributed by atoms with Gasteiger partial charge in [-0.25, -0.2) is 0 Å². The zero-order valence-electron chi connectivity index (χ0n) is 7.85. The standard InChI is InChI=1S/C9H9ClN4O/c10-7-3-1-2-4-8(7)15-6-5-9-11-13-14-12-9/h1-4H,5-6H2,(H,11,12,13,14). The Balaban J connectivity index is 1.86. The SMILES string of the molecule is Clc1ccccc1OCCc1nn[nH]n1. The van der Waals surface area contributed by atoms with Crippen LogP contribution in [0.25, 0.3) is 0 Å². The Kier molecular flexibility index (Phi) is 3.14. The lowest BCUT2D eigenvalue weighted by atomic mass is 10.3. The molecule has 0 bridgehead atoms. The van der Waals surface area contributed by atoms with Crippen molar-refractivity contribution in [3.63, 3.8) is 0 Å². The van der Waals surface area contributed by atoms with Crippen LogP contribution in [0.15, 0.2) is 24.3 Å². The molecule has 15 heavy (non-hydrogen) atoms. The first-order valence-electron chi connectivity index (χ1n) is 4.46. The highest BCUT2D eigenvalue weighted by Gasteiger charge is 2.01. The minimum Gasteiger partial charge on any atom is -0.492 e. The van der Waals surface area contributed by atoms with Crippen molar-refractivity contribution in [1.29, 1.82) is 0 Å². The summed E-state index contributed by atoms with van der Waals surface area (Å²) in [5.74, 6) is 1.30. The van der Waals surface area contributed by atoms with Crippen LogP contribution in [0.2, 0.25) is 5.02 Å². The molecule has 1 aromatic carbocycles. The second-order valence-corrected chi connectivity index (χ2v) is 3.26. The molecule has 0 atom stereocenters. The van der Waals surface area contributed by atoms with Crippen LogP contribution in [0, 0.1) is 0 Å². The summed E-state index contributed by atoms with van der Waals surface area (Å²) in [6.07, 6.45) is 0.599. The minimum absolute atomic E-state index is 0.475. The van der Waals surface area contributed by atoms with E-state index in [-0.39, 0.29) is 0 Å². The van der Waals surface area contributed by atoms with Gasteiger partial charge >= 0.3 is 0 Å². The first-order valence-corrected chi connectivity index (χ1v) is 4.84. The normalized spacial score (nSPS) is 10.2. The van der Waals surface area contributed by atoms with Gasteiger partial charge in [-0.3, -0.25) is 0 Å². The topological polar surface area (TPSA) is 63.7 Å². The van der Waals surface area contributed by atoms with Crippen LogP contribution in [-0.4, -0.2) is 27.2 Å². The second-order valence-electron chi connectivity index (χ2n) is 2.86. The Morgan fingerprint density at radius 1 is 1.33 bits per heavy atom. The minimum atomic E-state index is 0.475. The number of hydrogen-bond acceptors (Lipinski definition) is 4. The number of rotatable bonds is 4. The monoisotopic (exact) mass is 224 g/mol. The number of nitrogens with zero attached hydrogens (tertiary/aromatic N) is 3. The lowest BCUT2D eigenvalue weighted by Gasteiger charge is -2.05. The summed E-state index contributed by atoms with van der Waals surface area (Å²) in [5, 5.41) is 14.0. The van der Waals surface area contributed by atoms with E-state index in [2.05, 4.69) is 20.6 Å². The first-order chi connectivity index (χ1) is 7.36. The molecular weight excluding hydrogens is 216 g/mol. The number of benzene rings is 1. The predicted octanol–water partition coefficient (Wildman–Crippen LogP) is 1.47. The van der Waals surface area contributed by atoms with Gasteiger partial charge < -0.3 is 4.74 Å². The van der Waals surface area contributed by atoms with Crippen LogP contribution in [0.3, 0.4) is 0 Å². The van der Waals surface area contributed by atoms with Crippen molar-refractivity contribution in [2.75, 3.05) is 6.61 Å². The summed E-state index contributed by atoms with van der Waals surface area (Å²) in [6.45, 7) is 0.475. The highest BCUT2D eigenvalue weighted by atomic mass is 35.5. The number of nitrogens with one attached hydrogen (secondary N) is 1. The van der Waals surface area contributed by atoms with E-state index in [1.807, 2.05) is 18.2 Å². The van der Waals surface area contributed by atoms with Crippen molar-refractivity contribution in [3.8, 4) is 5.75 Å². The molecule has 0 aliphatic rings. The third-order valence-corrected chi connectivity index (χ3v) is 2.12. The van der Waals surface area contributed by atoms with Crippen LogP contribution in [0.5, 0.6) is 5.75 Å². The van der Waals surface area contributed by atoms with Gasteiger partial charge in [0.25, 0.3) is 0 Å². The number of aromatic amines is 1. The van der Waals surface area contributed by atoms with E-state index in [4.69, 9.17) is 16.3 Å². The number of tetrazole rings is 1. The quantitative estimate of drug-likeness (QED) is 0.854. The molecule has 0 spiro atoms. The van der Waals surface area contributed by atoms with Crippen molar-refractivity contribution in [2.24, 2.45) is 0 Å². The van der Waals surface area contributed by atoms with Gasteiger partial charge in [-0.1, -0.05) is 28.9 Å². The Morgan fingerprint density at radius 3 is 2.93 bits per heavy atom. The molecule has 78 valence electrons. The molecule has 0 aliphatic heterocycles. The highest BCUT2D eigenvalue weighted by Crippen LogP contribution is 2.22. The van der Waals surface area contributed by atoms with Crippen LogP contribution in [-0.2, 0) is 6.42 Å². The Morgan fingerprint density at radius 2 is 2.20 bits per heavy atom. The molecule has 1 aromatic heterocycles. The van der Waals surface area contributed by atoms with Gasteiger partial charge in [0, 0.05) is 6.42 Å². The fourth-order valence-electron chi connectivity index (χ4n) is 1.10. The van der Waals surface area contributed by atoms with E-state index in [0.29, 0.717) is 29.6 Å². The Bertz CT molecular complexity index is 418.